The van der Waals surface area contributed by atoms with Crippen molar-refractivity contribution in [3.63, 3.8) is 0 Å². The lowest BCUT2D eigenvalue weighted by Gasteiger charge is -2.09. The van der Waals surface area contributed by atoms with Crippen molar-refractivity contribution in [2.45, 2.75) is 39.8 Å². The fourth-order valence-electron chi connectivity index (χ4n) is 0.685. The topological polar surface area (TPSA) is 0 Å². The number of rotatable bonds is 3. The van der Waals surface area contributed by atoms with E-state index in [4.69, 9.17) is 0 Å². The van der Waals surface area contributed by atoms with Crippen LogP contribution in [-0.2, 0) is 0 Å². The van der Waals surface area contributed by atoms with Gasteiger partial charge in [0.25, 0.3) is 0 Å². The Bertz CT molecular complexity index is 50.3. The smallest absolute Gasteiger partial charge is 0.0998 e. The Morgan fingerprint density at radius 1 is 1.38 bits per heavy atom. The van der Waals surface area contributed by atoms with Gasteiger partial charge in [-0.3, -0.25) is 0 Å². The molecule has 0 heterocycles. The Balaban J connectivity index is 3.17. The van der Waals surface area contributed by atoms with E-state index in [9.17, 15) is 4.39 Å². The Morgan fingerprint density at radius 2 is 1.88 bits per heavy atom. The third-order valence-electron chi connectivity index (χ3n) is 1.53. The van der Waals surface area contributed by atoms with Gasteiger partial charge in [-0.1, -0.05) is 20.3 Å². The second-order valence-electron chi connectivity index (χ2n) is 2.44. The summed E-state index contributed by atoms with van der Waals surface area (Å²) in [6.07, 6.45) is 1.47. The molecule has 0 rings (SSSR count). The Kier molecular flexibility index (Phi) is 3.84. The molecule has 0 radical (unpaired) electrons. The molecule has 0 spiro atoms. The average molecular weight is 118 g/mol. The summed E-state index contributed by atoms with van der Waals surface area (Å²) in [5.74, 6) is 0.250. The molecule has 0 unspecified atom stereocenters. The van der Waals surface area contributed by atoms with Gasteiger partial charge in [0.2, 0.25) is 0 Å². The molecule has 0 saturated heterocycles. The molecule has 0 aromatic heterocycles. The van der Waals surface area contributed by atoms with Crippen LogP contribution in [0.4, 0.5) is 4.39 Å². The van der Waals surface area contributed by atoms with Crippen molar-refractivity contribution in [3.05, 3.63) is 0 Å². The zero-order chi connectivity index (χ0) is 6.57. The van der Waals surface area contributed by atoms with Gasteiger partial charge in [-0.05, 0) is 19.3 Å². The van der Waals surface area contributed by atoms with Crippen LogP contribution in [0.5, 0.6) is 0 Å². The van der Waals surface area contributed by atoms with Gasteiger partial charge >= 0.3 is 0 Å². The highest BCUT2D eigenvalue weighted by Crippen LogP contribution is 2.11. The summed E-state index contributed by atoms with van der Waals surface area (Å²) in [5.41, 5.74) is 0. The van der Waals surface area contributed by atoms with Crippen molar-refractivity contribution in [2.24, 2.45) is 5.92 Å². The van der Waals surface area contributed by atoms with E-state index in [2.05, 4.69) is 6.92 Å². The molecule has 8 heavy (non-hydrogen) atoms. The molecule has 0 aliphatic rings. The first-order chi connectivity index (χ1) is 3.68. The predicted molar refractivity (Wildman–Crippen MR) is 34.6 cm³/mol. The first kappa shape index (κ1) is 7.93. The normalized spacial score (nSPS) is 18.0. The van der Waals surface area contributed by atoms with E-state index in [1.54, 1.807) is 6.92 Å². The second-order valence-corrected chi connectivity index (χ2v) is 2.44. The third kappa shape index (κ3) is 3.00. The van der Waals surface area contributed by atoms with Crippen molar-refractivity contribution < 1.29 is 4.39 Å². The van der Waals surface area contributed by atoms with E-state index >= 15 is 0 Å². The molecular formula is C7H15F. The van der Waals surface area contributed by atoms with Crippen LogP contribution in [-0.4, -0.2) is 6.17 Å². The molecule has 0 nitrogen and oxygen atoms in total. The fourth-order valence-corrected chi connectivity index (χ4v) is 0.685. The molecule has 0 aliphatic heterocycles. The minimum absolute atomic E-state index is 0.250. The van der Waals surface area contributed by atoms with E-state index in [-0.39, 0.29) is 5.92 Å². The molecule has 0 aromatic rings. The molecule has 0 saturated carbocycles. The van der Waals surface area contributed by atoms with Crippen LogP contribution in [0.25, 0.3) is 0 Å². The first-order valence-corrected chi connectivity index (χ1v) is 3.32. The minimum atomic E-state index is -0.630. The van der Waals surface area contributed by atoms with Crippen LogP contribution in [0.2, 0.25) is 0 Å². The highest BCUT2D eigenvalue weighted by atomic mass is 19.1. The van der Waals surface area contributed by atoms with Gasteiger partial charge < -0.3 is 0 Å². The summed E-state index contributed by atoms with van der Waals surface area (Å²) in [6, 6.07) is 0. The SMILES string of the molecule is CCC[C@@H](C)[C@H](C)F. The van der Waals surface area contributed by atoms with Gasteiger partial charge in [-0.2, -0.15) is 0 Å². The van der Waals surface area contributed by atoms with Crippen molar-refractivity contribution >= 4 is 0 Å². The van der Waals surface area contributed by atoms with Crippen LogP contribution in [0.15, 0.2) is 0 Å². The lowest BCUT2D eigenvalue weighted by atomic mass is 10.0. The Morgan fingerprint density at radius 3 is 2.00 bits per heavy atom. The van der Waals surface area contributed by atoms with E-state index < -0.39 is 6.17 Å². The molecule has 0 amide bonds. The van der Waals surface area contributed by atoms with Crippen LogP contribution in [0, 0.1) is 5.92 Å². The molecule has 0 aliphatic carbocycles. The lowest BCUT2D eigenvalue weighted by Crippen LogP contribution is -2.06. The van der Waals surface area contributed by atoms with Crippen molar-refractivity contribution in [3.8, 4) is 0 Å². The average Bonchev–Trinajstić information content (AvgIpc) is 1.67. The number of hydrogen-bond donors (Lipinski definition) is 0. The third-order valence-corrected chi connectivity index (χ3v) is 1.53. The van der Waals surface area contributed by atoms with Crippen LogP contribution in [0.3, 0.4) is 0 Å². The molecule has 0 N–H and O–H groups in total. The lowest BCUT2D eigenvalue weighted by molar-refractivity contribution is 0.252. The van der Waals surface area contributed by atoms with Gasteiger partial charge in [-0.15, -0.1) is 0 Å². The summed E-state index contributed by atoms with van der Waals surface area (Å²) >= 11 is 0. The molecule has 0 fully saturated rings. The second kappa shape index (κ2) is 3.88. The Hall–Kier alpha value is -0.0700. The monoisotopic (exact) mass is 118 g/mol. The zero-order valence-corrected chi connectivity index (χ0v) is 5.95. The quantitative estimate of drug-likeness (QED) is 0.534. The Labute approximate surface area is 51.1 Å². The maximum atomic E-state index is 12.3. The summed E-state index contributed by atoms with van der Waals surface area (Å²) in [5, 5.41) is 0. The van der Waals surface area contributed by atoms with Crippen molar-refractivity contribution in [1.29, 1.82) is 0 Å². The molecule has 0 bridgehead atoms. The minimum Gasteiger partial charge on any atom is -0.248 e. The summed E-state index contributed by atoms with van der Waals surface area (Å²) in [7, 11) is 0. The highest BCUT2D eigenvalue weighted by molar-refractivity contribution is 4.57. The van der Waals surface area contributed by atoms with Crippen LogP contribution in [0.1, 0.15) is 33.6 Å². The molecule has 2 atom stereocenters. The van der Waals surface area contributed by atoms with Gasteiger partial charge in [0, 0.05) is 0 Å². The van der Waals surface area contributed by atoms with Crippen LogP contribution >= 0.6 is 0 Å². The summed E-state index contributed by atoms with van der Waals surface area (Å²) < 4.78 is 12.3. The predicted octanol–water partition coefficient (Wildman–Crippen LogP) is 2.78. The molecule has 1 heteroatoms. The van der Waals surface area contributed by atoms with Gasteiger partial charge in [0.15, 0.2) is 0 Å². The number of alkyl halides is 1. The maximum absolute atomic E-state index is 12.3. The zero-order valence-electron chi connectivity index (χ0n) is 5.95. The van der Waals surface area contributed by atoms with E-state index in [0.29, 0.717) is 0 Å². The summed E-state index contributed by atoms with van der Waals surface area (Å²) in [6.45, 7) is 5.66. The largest absolute Gasteiger partial charge is 0.248 e. The van der Waals surface area contributed by atoms with Crippen molar-refractivity contribution in [1.82, 2.24) is 0 Å². The molecule has 50 valence electrons. The van der Waals surface area contributed by atoms with Gasteiger partial charge in [-0.25, -0.2) is 4.39 Å². The maximum Gasteiger partial charge on any atom is 0.0998 e. The highest BCUT2D eigenvalue weighted by Gasteiger charge is 2.07. The molecule has 0 aromatic carbocycles. The fraction of sp³-hybridized carbons (Fsp3) is 1.00. The molecular weight excluding hydrogens is 103 g/mol. The van der Waals surface area contributed by atoms with Gasteiger partial charge in [0.05, 0.1) is 6.17 Å². The van der Waals surface area contributed by atoms with Crippen LogP contribution < -0.4 is 0 Å². The first-order valence-electron chi connectivity index (χ1n) is 3.32. The van der Waals surface area contributed by atoms with E-state index in [1.807, 2.05) is 6.92 Å². The van der Waals surface area contributed by atoms with E-state index in [1.165, 1.54) is 0 Å². The summed E-state index contributed by atoms with van der Waals surface area (Å²) in [4.78, 5) is 0. The van der Waals surface area contributed by atoms with E-state index in [0.717, 1.165) is 12.8 Å². The van der Waals surface area contributed by atoms with Crippen molar-refractivity contribution in [2.75, 3.05) is 0 Å². The van der Waals surface area contributed by atoms with Gasteiger partial charge in [0.1, 0.15) is 0 Å². The number of hydrogen-bond acceptors (Lipinski definition) is 0. The standard InChI is InChI=1S/C7H15F/c1-4-5-6(2)7(3)8/h6-7H,4-5H2,1-3H3/t6-,7+/m1/s1. The number of halogens is 1.